The van der Waals surface area contributed by atoms with E-state index in [-0.39, 0.29) is 10.6 Å². The van der Waals surface area contributed by atoms with Crippen LogP contribution in [0.2, 0.25) is 10.0 Å². The van der Waals surface area contributed by atoms with Crippen LogP contribution >= 0.6 is 55.1 Å². The minimum atomic E-state index is -0.310. The maximum atomic E-state index is 13.5. The Morgan fingerprint density at radius 1 is 1.06 bits per heavy atom. The van der Waals surface area contributed by atoms with Gasteiger partial charge in [0.15, 0.2) is 0 Å². The monoisotopic (exact) mass is 410 g/mol. The number of benzene rings is 2. The molecule has 5 heteroatoms. The summed E-state index contributed by atoms with van der Waals surface area (Å²) in [7, 11) is 0. The molecule has 18 heavy (non-hydrogen) atoms. The summed E-state index contributed by atoms with van der Waals surface area (Å²) in [6.45, 7) is 0. The molecule has 2 rings (SSSR count). The Morgan fingerprint density at radius 2 is 1.78 bits per heavy atom. The van der Waals surface area contributed by atoms with Crippen LogP contribution in [0.15, 0.2) is 40.9 Å². The lowest BCUT2D eigenvalue weighted by Crippen LogP contribution is -1.96. The second kappa shape index (κ2) is 5.91. The van der Waals surface area contributed by atoms with Gasteiger partial charge in [-0.1, -0.05) is 51.3 Å². The normalized spacial score (nSPS) is 12.5. The number of alkyl halides is 1. The first-order chi connectivity index (χ1) is 8.50. The van der Waals surface area contributed by atoms with Gasteiger partial charge < -0.3 is 0 Å². The molecule has 2 aromatic rings. The largest absolute Gasteiger partial charge is 0.206 e. The fraction of sp³-hybridized carbons (Fsp3) is 0.0769. The first kappa shape index (κ1) is 14.3. The third-order valence-electron chi connectivity index (χ3n) is 2.49. The SMILES string of the molecule is Fc1cccc(C(Br)c2cc(Cl)ccc2Cl)c1Br. The molecule has 0 nitrogen and oxygen atoms in total. The molecule has 0 saturated carbocycles. The molecule has 0 fully saturated rings. The van der Waals surface area contributed by atoms with Crippen molar-refractivity contribution in [2.24, 2.45) is 0 Å². The molecule has 2 aromatic carbocycles. The van der Waals surface area contributed by atoms with Crippen LogP contribution < -0.4 is 0 Å². The van der Waals surface area contributed by atoms with Gasteiger partial charge in [-0.3, -0.25) is 0 Å². The van der Waals surface area contributed by atoms with Crippen LogP contribution in [0.5, 0.6) is 0 Å². The van der Waals surface area contributed by atoms with Gasteiger partial charge in [-0.15, -0.1) is 0 Å². The van der Waals surface area contributed by atoms with Crippen molar-refractivity contribution in [3.8, 4) is 0 Å². The van der Waals surface area contributed by atoms with Crippen LogP contribution in [0.4, 0.5) is 4.39 Å². The lowest BCUT2D eigenvalue weighted by molar-refractivity contribution is 0.619. The molecule has 0 bridgehead atoms. The first-order valence-corrected chi connectivity index (χ1v) is 7.50. The van der Waals surface area contributed by atoms with Crippen molar-refractivity contribution in [1.29, 1.82) is 0 Å². The van der Waals surface area contributed by atoms with E-state index in [9.17, 15) is 4.39 Å². The molecule has 0 amide bonds. The Balaban J connectivity index is 2.51. The van der Waals surface area contributed by atoms with Gasteiger partial charge in [0, 0.05) is 10.0 Å². The molecule has 0 N–H and O–H groups in total. The molecule has 0 heterocycles. The van der Waals surface area contributed by atoms with E-state index in [1.807, 2.05) is 6.07 Å². The highest BCUT2D eigenvalue weighted by Gasteiger charge is 2.18. The summed E-state index contributed by atoms with van der Waals surface area (Å²) in [4.78, 5) is -0.228. The van der Waals surface area contributed by atoms with Gasteiger partial charge in [0.1, 0.15) is 5.82 Å². The van der Waals surface area contributed by atoms with Gasteiger partial charge in [0.25, 0.3) is 0 Å². The van der Waals surface area contributed by atoms with E-state index < -0.39 is 0 Å². The Labute approximate surface area is 131 Å². The highest BCUT2D eigenvalue weighted by molar-refractivity contribution is 9.11. The van der Waals surface area contributed by atoms with E-state index >= 15 is 0 Å². The van der Waals surface area contributed by atoms with Crippen molar-refractivity contribution in [1.82, 2.24) is 0 Å². The summed E-state index contributed by atoms with van der Waals surface area (Å²) in [6, 6.07) is 10.1. The van der Waals surface area contributed by atoms with Crippen molar-refractivity contribution in [3.63, 3.8) is 0 Å². The molecule has 0 radical (unpaired) electrons. The molecule has 0 aliphatic rings. The minimum absolute atomic E-state index is 0.228. The molecule has 0 aliphatic heterocycles. The predicted octanol–water partition coefficient (Wildman–Crippen LogP) is 6.38. The fourth-order valence-corrected chi connectivity index (χ4v) is 3.69. The van der Waals surface area contributed by atoms with Crippen LogP contribution in [0, 0.1) is 5.82 Å². The Morgan fingerprint density at radius 3 is 2.50 bits per heavy atom. The highest BCUT2D eigenvalue weighted by Crippen LogP contribution is 2.40. The average Bonchev–Trinajstić information content (AvgIpc) is 2.35. The summed E-state index contributed by atoms with van der Waals surface area (Å²) < 4.78 is 13.9. The molecule has 0 aromatic heterocycles. The maximum absolute atomic E-state index is 13.5. The summed E-state index contributed by atoms with van der Waals surface area (Å²) >= 11 is 18.9. The van der Waals surface area contributed by atoms with Crippen LogP contribution in [0.1, 0.15) is 16.0 Å². The number of halogens is 5. The fourth-order valence-electron chi connectivity index (χ4n) is 1.59. The summed E-state index contributed by atoms with van der Waals surface area (Å²) in [5.74, 6) is -0.310. The van der Waals surface area contributed by atoms with Gasteiger partial charge in [-0.25, -0.2) is 4.39 Å². The number of rotatable bonds is 2. The van der Waals surface area contributed by atoms with E-state index in [0.29, 0.717) is 14.5 Å². The van der Waals surface area contributed by atoms with Gasteiger partial charge >= 0.3 is 0 Å². The first-order valence-electron chi connectivity index (χ1n) is 5.03. The van der Waals surface area contributed by atoms with Crippen molar-refractivity contribution < 1.29 is 4.39 Å². The molecule has 1 atom stereocenters. The van der Waals surface area contributed by atoms with E-state index in [1.54, 1.807) is 24.3 Å². The van der Waals surface area contributed by atoms with E-state index in [0.717, 1.165) is 11.1 Å². The van der Waals surface area contributed by atoms with Crippen LogP contribution in [-0.2, 0) is 0 Å². The topological polar surface area (TPSA) is 0 Å². The molecule has 0 spiro atoms. The minimum Gasteiger partial charge on any atom is -0.206 e. The standard InChI is InChI=1S/C13H7Br2Cl2F/c14-12(8-2-1-3-11(18)13(8)15)9-6-7(16)4-5-10(9)17/h1-6,12H. The summed E-state index contributed by atoms with van der Waals surface area (Å²) in [5, 5.41) is 1.17. The third kappa shape index (κ3) is 2.90. The van der Waals surface area contributed by atoms with Gasteiger partial charge in [0.05, 0.1) is 9.30 Å². The molecule has 0 saturated heterocycles. The predicted molar refractivity (Wildman–Crippen MR) is 81.3 cm³/mol. The van der Waals surface area contributed by atoms with Crippen molar-refractivity contribution in [3.05, 3.63) is 67.9 Å². The van der Waals surface area contributed by atoms with Gasteiger partial charge in [0.2, 0.25) is 0 Å². The van der Waals surface area contributed by atoms with E-state index in [1.165, 1.54) is 6.07 Å². The smallest absolute Gasteiger partial charge is 0.137 e. The van der Waals surface area contributed by atoms with Gasteiger partial charge in [-0.2, -0.15) is 0 Å². The van der Waals surface area contributed by atoms with E-state index in [4.69, 9.17) is 23.2 Å². The molecule has 0 aliphatic carbocycles. The highest BCUT2D eigenvalue weighted by atomic mass is 79.9. The van der Waals surface area contributed by atoms with Crippen molar-refractivity contribution >= 4 is 55.1 Å². The molecule has 94 valence electrons. The molecule has 1 unspecified atom stereocenters. The average molecular weight is 413 g/mol. The molecular formula is C13H7Br2Cl2F. The van der Waals surface area contributed by atoms with Crippen LogP contribution in [0.3, 0.4) is 0 Å². The third-order valence-corrected chi connectivity index (χ3v) is 4.89. The Bertz CT molecular complexity index is 585. The zero-order chi connectivity index (χ0) is 13.3. The Hall–Kier alpha value is -0.0900. The Kier molecular flexibility index (Phi) is 4.70. The van der Waals surface area contributed by atoms with Crippen molar-refractivity contribution in [2.45, 2.75) is 4.83 Å². The lowest BCUT2D eigenvalue weighted by atomic mass is 10.0. The number of hydrogen-bond acceptors (Lipinski definition) is 0. The lowest BCUT2D eigenvalue weighted by Gasteiger charge is -2.15. The summed E-state index contributed by atoms with van der Waals surface area (Å²) in [6.07, 6.45) is 0. The van der Waals surface area contributed by atoms with Crippen molar-refractivity contribution in [2.75, 3.05) is 0 Å². The quantitative estimate of drug-likeness (QED) is 0.502. The van der Waals surface area contributed by atoms with Crippen LogP contribution in [0.25, 0.3) is 0 Å². The zero-order valence-electron chi connectivity index (χ0n) is 8.93. The summed E-state index contributed by atoms with van der Waals surface area (Å²) in [5.41, 5.74) is 1.56. The second-order valence-corrected chi connectivity index (χ2v) is 6.22. The van der Waals surface area contributed by atoms with Gasteiger partial charge in [-0.05, 0) is 51.3 Å². The van der Waals surface area contributed by atoms with E-state index in [2.05, 4.69) is 31.9 Å². The number of hydrogen-bond donors (Lipinski definition) is 0. The molecular weight excluding hydrogens is 406 g/mol. The zero-order valence-corrected chi connectivity index (χ0v) is 13.6. The van der Waals surface area contributed by atoms with Crippen LogP contribution in [-0.4, -0.2) is 0 Å². The second-order valence-electron chi connectivity index (χ2n) is 3.67. The maximum Gasteiger partial charge on any atom is 0.137 e.